The molecule has 1 aromatic rings. The second-order valence-electron chi connectivity index (χ2n) is 3.33. The Morgan fingerprint density at radius 1 is 1.31 bits per heavy atom. The van der Waals surface area contributed by atoms with E-state index in [4.69, 9.17) is 0 Å². The van der Waals surface area contributed by atoms with Gasteiger partial charge in [0.2, 0.25) is 0 Å². The number of hydrogen-bond acceptors (Lipinski definition) is 3. The molecule has 1 heterocycles. The van der Waals surface area contributed by atoms with Crippen LogP contribution in [0.15, 0.2) is 24.5 Å². The van der Waals surface area contributed by atoms with Crippen molar-refractivity contribution in [3.05, 3.63) is 30.2 Å². The maximum atomic E-state index is 4.15. The third-order valence-electron chi connectivity index (χ3n) is 2.16. The molecular weight excluding hydrogens is 162 g/mol. The molecule has 3 nitrogen and oxygen atoms in total. The average Bonchev–Trinajstić information content (AvgIpc) is 2.57. The fourth-order valence-electron chi connectivity index (χ4n) is 1.48. The van der Waals surface area contributed by atoms with Crippen molar-refractivity contribution in [2.75, 3.05) is 5.32 Å². The van der Waals surface area contributed by atoms with Crippen LogP contribution in [0.4, 0.5) is 5.82 Å². The van der Waals surface area contributed by atoms with Crippen LogP contribution >= 0.6 is 0 Å². The Balaban J connectivity index is 2.01. The monoisotopic (exact) mass is 175 g/mol. The molecule has 0 radical (unpaired) electrons. The van der Waals surface area contributed by atoms with Crippen molar-refractivity contribution in [3.8, 4) is 0 Å². The average molecular weight is 175 g/mol. The Kier molecular flexibility index (Phi) is 2.25. The summed E-state index contributed by atoms with van der Waals surface area (Å²) < 4.78 is 0. The molecule has 3 heteroatoms. The second-order valence-corrected chi connectivity index (χ2v) is 3.33. The number of anilines is 1. The molecule has 0 fully saturated rings. The fourth-order valence-corrected chi connectivity index (χ4v) is 1.48. The maximum Gasteiger partial charge on any atom is 0.129 e. The van der Waals surface area contributed by atoms with E-state index in [9.17, 15) is 0 Å². The number of aromatic nitrogens is 2. The predicted molar refractivity (Wildman–Crippen MR) is 52.6 cm³/mol. The lowest BCUT2D eigenvalue weighted by Crippen LogP contribution is -2.16. The highest BCUT2D eigenvalue weighted by atomic mass is 15.0. The van der Waals surface area contributed by atoms with Crippen LogP contribution in [-0.4, -0.2) is 16.0 Å². The van der Waals surface area contributed by atoms with E-state index in [0.717, 1.165) is 24.4 Å². The molecule has 0 spiro atoms. The molecule has 0 bridgehead atoms. The minimum absolute atomic E-state index is 0.522. The quantitative estimate of drug-likeness (QED) is 0.698. The minimum atomic E-state index is 0.522. The molecule has 0 amide bonds. The van der Waals surface area contributed by atoms with E-state index in [1.165, 1.54) is 0 Å². The van der Waals surface area contributed by atoms with Crippen molar-refractivity contribution in [3.63, 3.8) is 0 Å². The number of hydrogen-bond donors (Lipinski definition) is 1. The van der Waals surface area contributed by atoms with Gasteiger partial charge in [-0.25, -0.2) is 9.97 Å². The lowest BCUT2D eigenvalue weighted by atomic mass is 10.2. The van der Waals surface area contributed by atoms with Gasteiger partial charge in [-0.2, -0.15) is 0 Å². The molecule has 0 saturated heterocycles. The zero-order valence-electron chi connectivity index (χ0n) is 7.70. The predicted octanol–water partition coefficient (Wildman–Crippen LogP) is 1.92. The van der Waals surface area contributed by atoms with E-state index in [1.807, 2.05) is 13.0 Å². The Labute approximate surface area is 77.9 Å². The van der Waals surface area contributed by atoms with Gasteiger partial charge in [0.15, 0.2) is 0 Å². The van der Waals surface area contributed by atoms with Crippen molar-refractivity contribution < 1.29 is 0 Å². The normalized spacial score (nSPS) is 16.4. The molecule has 0 aromatic carbocycles. The van der Waals surface area contributed by atoms with E-state index >= 15 is 0 Å². The number of nitrogens with zero attached hydrogens (tertiary/aromatic N) is 2. The van der Waals surface area contributed by atoms with E-state index in [0.29, 0.717) is 6.04 Å². The zero-order valence-corrected chi connectivity index (χ0v) is 7.70. The van der Waals surface area contributed by atoms with Crippen LogP contribution in [0.5, 0.6) is 0 Å². The van der Waals surface area contributed by atoms with E-state index in [-0.39, 0.29) is 0 Å². The fraction of sp³-hybridized carbons (Fsp3) is 0.400. The van der Waals surface area contributed by atoms with Gasteiger partial charge in [0.1, 0.15) is 12.1 Å². The van der Waals surface area contributed by atoms with Crippen LogP contribution < -0.4 is 5.32 Å². The standard InChI is InChI=1S/C10H13N3/c1-8-6-10(12-7-11-8)13-9-4-2-3-5-9/h2-3,6-7,9H,4-5H2,1H3,(H,11,12,13). The Morgan fingerprint density at radius 2 is 2.08 bits per heavy atom. The molecule has 1 aliphatic carbocycles. The number of nitrogens with one attached hydrogen (secondary N) is 1. The molecule has 1 aromatic heterocycles. The third kappa shape index (κ3) is 2.05. The molecule has 0 atom stereocenters. The summed E-state index contributed by atoms with van der Waals surface area (Å²) in [6, 6.07) is 2.49. The van der Waals surface area contributed by atoms with Gasteiger partial charge in [0.25, 0.3) is 0 Å². The van der Waals surface area contributed by atoms with Gasteiger partial charge in [0.05, 0.1) is 0 Å². The minimum Gasteiger partial charge on any atom is -0.367 e. The van der Waals surface area contributed by atoms with Crippen molar-refractivity contribution in [2.45, 2.75) is 25.8 Å². The summed E-state index contributed by atoms with van der Waals surface area (Å²) in [5.41, 5.74) is 1.00. The molecule has 13 heavy (non-hydrogen) atoms. The highest BCUT2D eigenvalue weighted by Crippen LogP contribution is 2.14. The largest absolute Gasteiger partial charge is 0.367 e. The number of aryl methyl sites for hydroxylation is 1. The first-order chi connectivity index (χ1) is 6.34. The Hall–Kier alpha value is -1.38. The summed E-state index contributed by atoms with van der Waals surface area (Å²) in [6.07, 6.45) is 8.20. The Morgan fingerprint density at radius 3 is 2.77 bits per heavy atom. The molecule has 2 rings (SSSR count). The summed E-state index contributed by atoms with van der Waals surface area (Å²) in [5, 5.41) is 3.37. The summed E-state index contributed by atoms with van der Waals surface area (Å²) in [5.74, 6) is 0.932. The van der Waals surface area contributed by atoms with Crippen LogP contribution in [0.1, 0.15) is 18.5 Å². The Bertz CT molecular complexity index is 312. The molecule has 1 aliphatic rings. The van der Waals surface area contributed by atoms with Crippen molar-refractivity contribution in [1.29, 1.82) is 0 Å². The first-order valence-electron chi connectivity index (χ1n) is 4.55. The first-order valence-corrected chi connectivity index (χ1v) is 4.55. The van der Waals surface area contributed by atoms with Crippen LogP contribution in [0.2, 0.25) is 0 Å². The van der Waals surface area contributed by atoms with Gasteiger partial charge in [-0.3, -0.25) is 0 Å². The highest BCUT2D eigenvalue weighted by molar-refractivity contribution is 5.36. The van der Waals surface area contributed by atoms with E-state index < -0.39 is 0 Å². The molecule has 0 saturated carbocycles. The van der Waals surface area contributed by atoms with Gasteiger partial charge in [-0.1, -0.05) is 12.2 Å². The lowest BCUT2D eigenvalue weighted by Gasteiger charge is -2.12. The molecule has 0 unspecified atom stereocenters. The number of rotatable bonds is 2. The highest BCUT2D eigenvalue weighted by Gasteiger charge is 2.09. The first kappa shape index (κ1) is 8.23. The summed E-state index contributed by atoms with van der Waals surface area (Å²) in [4.78, 5) is 8.20. The summed E-state index contributed by atoms with van der Waals surface area (Å²) >= 11 is 0. The summed E-state index contributed by atoms with van der Waals surface area (Å²) in [7, 11) is 0. The van der Waals surface area contributed by atoms with Crippen LogP contribution in [0.25, 0.3) is 0 Å². The molecule has 1 N–H and O–H groups in total. The van der Waals surface area contributed by atoms with Crippen molar-refractivity contribution in [2.24, 2.45) is 0 Å². The molecule has 68 valence electrons. The van der Waals surface area contributed by atoms with E-state index in [2.05, 4.69) is 27.4 Å². The lowest BCUT2D eigenvalue weighted by molar-refractivity contribution is 0.779. The topological polar surface area (TPSA) is 37.8 Å². The second kappa shape index (κ2) is 3.56. The SMILES string of the molecule is Cc1cc(NC2CC=CC2)ncn1. The van der Waals surface area contributed by atoms with Crippen molar-refractivity contribution >= 4 is 5.82 Å². The van der Waals surface area contributed by atoms with Crippen molar-refractivity contribution in [1.82, 2.24) is 9.97 Å². The van der Waals surface area contributed by atoms with Crippen LogP contribution in [0, 0.1) is 6.92 Å². The molecular formula is C10H13N3. The zero-order chi connectivity index (χ0) is 9.10. The maximum absolute atomic E-state index is 4.15. The van der Waals surface area contributed by atoms with Gasteiger partial charge < -0.3 is 5.32 Å². The van der Waals surface area contributed by atoms with Gasteiger partial charge in [-0.15, -0.1) is 0 Å². The third-order valence-corrected chi connectivity index (χ3v) is 2.16. The van der Waals surface area contributed by atoms with Gasteiger partial charge in [-0.05, 0) is 19.8 Å². The van der Waals surface area contributed by atoms with Crippen LogP contribution in [0.3, 0.4) is 0 Å². The molecule has 0 aliphatic heterocycles. The van der Waals surface area contributed by atoms with Gasteiger partial charge in [0, 0.05) is 17.8 Å². The van der Waals surface area contributed by atoms with Crippen LogP contribution in [-0.2, 0) is 0 Å². The van der Waals surface area contributed by atoms with Gasteiger partial charge >= 0.3 is 0 Å². The van der Waals surface area contributed by atoms with E-state index in [1.54, 1.807) is 6.33 Å². The summed E-state index contributed by atoms with van der Waals surface area (Å²) in [6.45, 7) is 1.97. The smallest absolute Gasteiger partial charge is 0.129 e.